The summed E-state index contributed by atoms with van der Waals surface area (Å²) in [5.74, 6) is -7.43. The average molecular weight is 484 g/mol. The van der Waals surface area contributed by atoms with Crippen LogP contribution in [0.25, 0.3) is 0 Å². The summed E-state index contributed by atoms with van der Waals surface area (Å²) in [4.78, 5) is 43.0. The smallest absolute Gasteiger partial charge is 0.408 e. The fourth-order valence-corrected chi connectivity index (χ4v) is 2.43. The molecular formula is C24H25FN4O5. The lowest BCUT2D eigenvalue weighted by molar-refractivity contribution is 0.0941. The molecule has 0 unspecified atom stereocenters. The van der Waals surface area contributed by atoms with Crippen molar-refractivity contribution in [2.24, 2.45) is 6.98 Å². The van der Waals surface area contributed by atoms with E-state index in [0.717, 1.165) is 0 Å². The number of aromatic nitrogens is 2. The molecule has 0 aliphatic rings. The Hall–Kier alpha value is -4.21. The molecule has 0 atom stereocenters. The van der Waals surface area contributed by atoms with E-state index in [9.17, 15) is 23.9 Å². The molecule has 3 aromatic rings. The first-order chi connectivity index (χ1) is 22.2. The Morgan fingerprint density at radius 3 is 2.59 bits per heavy atom. The molecule has 3 N–H and O–H groups in total. The molecule has 0 saturated heterocycles. The lowest BCUT2D eigenvalue weighted by Crippen LogP contribution is -2.46. The number of carbonyl (C=O) groups is 2. The number of aromatic hydroxyl groups is 1. The summed E-state index contributed by atoms with van der Waals surface area (Å²) in [6.45, 7) is -16.1. The van der Waals surface area contributed by atoms with E-state index in [1.54, 1.807) is 23.5 Å². The van der Waals surface area contributed by atoms with Crippen LogP contribution in [0.15, 0.2) is 59.3 Å². The summed E-state index contributed by atoms with van der Waals surface area (Å²) in [5, 5.41) is 13.6. The fraction of sp³-hybridized carbons (Fsp3) is 0.250. The van der Waals surface area contributed by atoms with Crippen molar-refractivity contribution in [2.75, 3.05) is 0 Å². The van der Waals surface area contributed by atoms with Gasteiger partial charge in [-0.1, -0.05) is 42.4 Å². The van der Waals surface area contributed by atoms with Gasteiger partial charge in [0, 0.05) is 25.8 Å². The first-order valence-electron chi connectivity index (χ1n) is 16.7. The summed E-state index contributed by atoms with van der Waals surface area (Å²) < 4.78 is 138. The number of benzene rings is 2. The fourth-order valence-electron chi connectivity index (χ4n) is 2.43. The summed E-state index contributed by atoms with van der Waals surface area (Å²) in [7, 11) is 0. The van der Waals surface area contributed by atoms with Crippen molar-refractivity contribution in [1.29, 1.82) is 0 Å². The van der Waals surface area contributed by atoms with Crippen molar-refractivity contribution in [2.45, 2.75) is 32.3 Å². The van der Waals surface area contributed by atoms with Crippen LogP contribution in [-0.4, -0.2) is 26.7 Å². The highest BCUT2D eigenvalue weighted by Gasteiger charge is 2.31. The predicted octanol–water partition coefficient (Wildman–Crippen LogP) is 2.72. The third kappa shape index (κ3) is 5.77. The highest BCUT2D eigenvalue weighted by molar-refractivity contribution is 5.94. The van der Waals surface area contributed by atoms with Crippen LogP contribution in [-0.2, 0) is 30.4 Å². The molecule has 2 amide bonds. The summed E-state index contributed by atoms with van der Waals surface area (Å²) in [5.41, 5.74) is -8.76. The van der Waals surface area contributed by atoms with Crippen molar-refractivity contribution >= 4 is 12.0 Å². The number of rotatable bonds is 7. The first-order valence-corrected chi connectivity index (χ1v) is 9.15. The van der Waals surface area contributed by atoms with Gasteiger partial charge in [0.2, 0.25) is 5.75 Å². The Labute approximate surface area is 216 Å². The second-order valence-electron chi connectivity index (χ2n) is 6.48. The van der Waals surface area contributed by atoms with Crippen molar-refractivity contribution in [3.05, 3.63) is 93.3 Å². The molecule has 0 fully saturated rings. The number of ether oxygens (including phenoxy) is 1. The monoisotopic (exact) mass is 483 g/mol. The number of hydrogen-bond acceptors (Lipinski definition) is 6. The predicted molar refractivity (Wildman–Crippen MR) is 122 cm³/mol. The van der Waals surface area contributed by atoms with Gasteiger partial charge < -0.3 is 20.5 Å². The Morgan fingerprint density at radius 2 is 1.94 bits per heavy atom. The van der Waals surface area contributed by atoms with Gasteiger partial charge in [-0.2, -0.15) is 0 Å². The van der Waals surface area contributed by atoms with Crippen LogP contribution in [0.1, 0.15) is 61.7 Å². The summed E-state index contributed by atoms with van der Waals surface area (Å²) in [6, 6.07) is 2.34. The molecule has 3 rings (SSSR count). The van der Waals surface area contributed by atoms with Crippen LogP contribution in [0.2, 0.25) is 0 Å². The standard InChI is InChI=1S/C24H25FN4O5/c1-24(2,28-23(33)34-14-16-7-5-4-6-8-16)22-27-18(19(30)21(32)29(22)3)20(31)26-13-15-9-11-17(25)12-10-15/h4-12,30H,13-14H2,1-3H3,(H,26,31)(H,28,33)/i1D3,2D3,3D3,9D,10D,11D,12D,13D2. The Morgan fingerprint density at radius 1 is 1.24 bits per heavy atom. The second kappa shape index (κ2) is 10.2. The van der Waals surface area contributed by atoms with Gasteiger partial charge in [-0.25, -0.2) is 14.2 Å². The Kier molecular flexibility index (Phi) is 3.37. The molecular weight excluding hydrogens is 443 g/mol. The number of carbonyl (C=O) groups excluding carboxylic acids is 2. The van der Waals surface area contributed by atoms with E-state index in [-0.39, 0.29) is 0 Å². The lowest BCUT2D eigenvalue weighted by atomic mass is 10.0. The summed E-state index contributed by atoms with van der Waals surface area (Å²) >= 11 is 0. The van der Waals surface area contributed by atoms with Gasteiger partial charge in [-0.05, 0) is 36.9 Å². The highest BCUT2D eigenvalue weighted by Crippen LogP contribution is 2.20. The lowest BCUT2D eigenvalue weighted by Gasteiger charge is -2.27. The van der Waals surface area contributed by atoms with Crippen LogP contribution in [0.4, 0.5) is 9.18 Å². The molecule has 0 bridgehead atoms. The molecule has 34 heavy (non-hydrogen) atoms. The molecule has 178 valence electrons. The zero-order valence-electron chi connectivity index (χ0n) is 31.9. The van der Waals surface area contributed by atoms with E-state index in [1.165, 1.54) is 17.4 Å². The minimum Gasteiger partial charge on any atom is -0.501 e. The molecule has 2 aromatic carbocycles. The van der Waals surface area contributed by atoms with Gasteiger partial charge in [-0.15, -0.1) is 0 Å². The molecule has 1 aromatic heterocycles. The van der Waals surface area contributed by atoms with Gasteiger partial charge in [-0.3, -0.25) is 14.2 Å². The van der Waals surface area contributed by atoms with Crippen molar-refractivity contribution in [1.82, 2.24) is 20.2 Å². The van der Waals surface area contributed by atoms with Crippen LogP contribution in [0.5, 0.6) is 5.75 Å². The minimum atomic E-state index is -4.06. The number of halogens is 1. The van der Waals surface area contributed by atoms with Crippen molar-refractivity contribution < 1.29 is 44.4 Å². The molecule has 0 aliphatic carbocycles. The first kappa shape index (κ1) is 11.3. The van der Waals surface area contributed by atoms with E-state index >= 15 is 0 Å². The molecule has 10 heteroatoms. The topological polar surface area (TPSA) is 123 Å². The highest BCUT2D eigenvalue weighted by atomic mass is 19.1. The number of nitrogens with one attached hydrogen (secondary N) is 2. The van der Waals surface area contributed by atoms with Crippen LogP contribution in [0, 0.1) is 5.82 Å². The van der Waals surface area contributed by atoms with E-state index in [0.29, 0.717) is 5.56 Å². The molecule has 0 radical (unpaired) electrons. The molecule has 1 heterocycles. The number of alkyl carbamates (subject to hydrolysis) is 1. The Balaban J connectivity index is 2.32. The van der Waals surface area contributed by atoms with Crippen LogP contribution in [0.3, 0.4) is 0 Å². The number of nitrogens with zero attached hydrogens (tertiary/aromatic N) is 2. The third-order valence-corrected chi connectivity index (χ3v) is 4.01. The third-order valence-electron chi connectivity index (χ3n) is 4.01. The van der Waals surface area contributed by atoms with Gasteiger partial charge >= 0.3 is 6.09 Å². The van der Waals surface area contributed by atoms with Gasteiger partial charge in [0.1, 0.15) is 18.2 Å². The number of hydrogen-bond donors (Lipinski definition) is 3. The largest absolute Gasteiger partial charge is 0.501 e. The Bertz CT molecular complexity index is 1800. The van der Waals surface area contributed by atoms with E-state index in [1.807, 2.05) is 0 Å². The maximum Gasteiger partial charge on any atom is 0.408 e. The normalized spacial score (nSPS) is 19.0. The van der Waals surface area contributed by atoms with E-state index in [2.05, 4.69) is 4.98 Å². The van der Waals surface area contributed by atoms with Crippen LogP contribution >= 0.6 is 0 Å². The zero-order valence-corrected chi connectivity index (χ0v) is 16.9. The van der Waals surface area contributed by atoms with Gasteiger partial charge in [0.15, 0.2) is 5.69 Å². The van der Waals surface area contributed by atoms with E-state index in [4.69, 9.17) is 25.3 Å². The molecule has 0 aliphatic heterocycles. The summed E-state index contributed by atoms with van der Waals surface area (Å²) in [6.07, 6.45) is -1.78. The maximum atomic E-state index is 14.1. The molecule has 0 saturated carbocycles. The molecule has 9 nitrogen and oxygen atoms in total. The van der Waals surface area contributed by atoms with Gasteiger partial charge in [0.25, 0.3) is 11.5 Å². The maximum absolute atomic E-state index is 14.1. The van der Waals surface area contributed by atoms with Gasteiger partial charge in [0.05, 0.1) is 13.8 Å². The second-order valence-corrected chi connectivity index (χ2v) is 6.48. The SMILES string of the molecule is [2H]c1c([2H])c(C([2H])([2H])NC(=O)c2nc(C(NC(=O)OCc3ccccc3)(C([2H])([2H])[2H])C([2H])([2H])[2H])n(C([2H])([2H])[2H])c(=O)c2O)c([2H])c([2H])c1F. The minimum absolute atomic E-state index is 0.337. The average Bonchev–Trinajstić information content (AvgIpc) is 2.96. The van der Waals surface area contributed by atoms with Crippen LogP contribution < -0.4 is 16.2 Å². The van der Waals surface area contributed by atoms with Crippen molar-refractivity contribution in [3.8, 4) is 5.75 Å². The van der Waals surface area contributed by atoms with E-state index < -0.39 is 114 Å². The number of amides is 2. The zero-order chi connectivity index (χ0) is 37.7. The molecule has 0 spiro atoms. The quantitative estimate of drug-likeness (QED) is 0.475. The van der Waals surface area contributed by atoms with Crippen molar-refractivity contribution in [3.63, 3.8) is 0 Å².